The molecule has 7 nitrogen and oxygen atoms in total. The minimum atomic E-state index is -1.32. The predicted molar refractivity (Wildman–Crippen MR) is 115 cm³/mol. The van der Waals surface area contributed by atoms with Crippen molar-refractivity contribution in [3.63, 3.8) is 0 Å². The molecule has 4 atom stereocenters. The van der Waals surface area contributed by atoms with Gasteiger partial charge in [0, 0.05) is 38.0 Å². The van der Waals surface area contributed by atoms with Crippen molar-refractivity contribution in [2.45, 2.75) is 18.5 Å². The average molecular weight is 423 g/mol. The number of benzene rings is 2. The summed E-state index contributed by atoms with van der Waals surface area (Å²) in [6.07, 6.45) is 0. The maximum absolute atomic E-state index is 13.4. The zero-order valence-electron chi connectivity index (χ0n) is 18.2. The molecule has 0 bridgehead atoms. The van der Waals surface area contributed by atoms with E-state index in [0.717, 1.165) is 11.3 Å². The number of nitrogens with zero attached hydrogens (tertiary/aromatic N) is 2. The van der Waals surface area contributed by atoms with E-state index in [2.05, 4.69) is 0 Å². The van der Waals surface area contributed by atoms with Crippen LogP contribution < -0.4 is 10.2 Å². The molecule has 0 aromatic heterocycles. The van der Waals surface area contributed by atoms with Crippen LogP contribution in [-0.4, -0.2) is 50.4 Å². The first kappa shape index (κ1) is 21.1. The number of hydrogen-bond acceptors (Lipinski definition) is 5. The summed E-state index contributed by atoms with van der Waals surface area (Å²) in [4.78, 5) is 43.1. The quantitative estimate of drug-likeness (QED) is 0.576. The summed E-state index contributed by atoms with van der Waals surface area (Å²) in [5, 5.41) is 1.88. The number of rotatable bonds is 5. The van der Waals surface area contributed by atoms with Gasteiger partial charge in [0.1, 0.15) is 17.9 Å². The highest BCUT2D eigenvalue weighted by atomic mass is 16.5. The Labute approximate surface area is 182 Å². The molecule has 162 valence electrons. The number of carbonyl (C=O) groups is 3. The van der Waals surface area contributed by atoms with Crippen LogP contribution in [0.1, 0.15) is 24.1 Å². The number of fused-ring (bicyclic) bond motifs is 1. The summed E-state index contributed by atoms with van der Waals surface area (Å²) in [5.41, 5.74) is 1.29. The monoisotopic (exact) mass is 422 g/mol. The van der Waals surface area contributed by atoms with Gasteiger partial charge in [0.15, 0.2) is 0 Å². The van der Waals surface area contributed by atoms with Gasteiger partial charge in [-0.1, -0.05) is 42.5 Å². The summed E-state index contributed by atoms with van der Waals surface area (Å²) in [6.45, 7) is 1.94. The van der Waals surface area contributed by atoms with Gasteiger partial charge in [-0.3, -0.25) is 14.5 Å². The molecule has 2 aliphatic heterocycles. The van der Waals surface area contributed by atoms with Crippen molar-refractivity contribution < 1.29 is 24.4 Å². The van der Waals surface area contributed by atoms with Crippen LogP contribution in [0.4, 0.5) is 5.69 Å². The van der Waals surface area contributed by atoms with Crippen molar-refractivity contribution in [3.05, 3.63) is 65.7 Å². The number of hydrogen-bond donors (Lipinski definition) is 1. The van der Waals surface area contributed by atoms with E-state index in [4.69, 9.17) is 4.74 Å². The van der Waals surface area contributed by atoms with Crippen LogP contribution in [-0.2, 0) is 24.7 Å². The molecule has 2 saturated heterocycles. The van der Waals surface area contributed by atoms with Gasteiger partial charge in [-0.05, 0) is 19.1 Å². The Bertz CT molecular complexity index is 1010. The Morgan fingerprint density at radius 2 is 1.71 bits per heavy atom. The lowest BCUT2D eigenvalue weighted by molar-refractivity contribution is -0.742. The molecule has 0 saturated carbocycles. The van der Waals surface area contributed by atoms with E-state index in [1.54, 1.807) is 6.92 Å². The smallest absolute Gasteiger partial charge is 0.373 e. The first-order valence-corrected chi connectivity index (χ1v) is 10.5. The van der Waals surface area contributed by atoms with Crippen LogP contribution in [0, 0.1) is 11.8 Å². The number of nitrogens with two attached hydrogens (primary N) is 1. The standard InChI is InChI=1S/C24H27N3O4/c1-5-31-23(30)24(16-9-7-6-8-10-16)19-18(21(28)27(4)22(19)29)20(25-24)15-11-13-17(14-12-15)26(2)3/h6-14,18-20,25H,5H2,1-4H3/p+1/t18-,19+,20-,24+/m0/s1. The molecular formula is C24H28N3O4+. The normalized spacial score (nSPS) is 27.4. The molecule has 7 heteroatoms. The summed E-state index contributed by atoms with van der Waals surface area (Å²) in [7, 11) is 5.42. The first-order chi connectivity index (χ1) is 14.8. The third-order valence-electron chi connectivity index (χ3n) is 6.55. The largest absolute Gasteiger partial charge is 0.461 e. The third kappa shape index (κ3) is 3.11. The Morgan fingerprint density at radius 3 is 2.29 bits per heavy atom. The summed E-state index contributed by atoms with van der Waals surface area (Å²) < 4.78 is 5.49. The first-order valence-electron chi connectivity index (χ1n) is 10.5. The van der Waals surface area contributed by atoms with Crippen LogP contribution in [0.15, 0.2) is 54.6 Å². The van der Waals surface area contributed by atoms with E-state index in [0.29, 0.717) is 5.56 Å². The van der Waals surface area contributed by atoms with E-state index in [1.807, 2.05) is 78.9 Å². The molecule has 0 unspecified atom stereocenters. The van der Waals surface area contributed by atoms with Gasteiger partial charge in [-0.15, -0.1) is 0 Å². The van der Waals surface area contributed by atoms with Gasteiger partial charge in [0.05, 0.1) is 6.61 Å². The highest BCUT2D eigenvalue weighted by Gasteiger charge is 2.72. The maximum Gasteiger partial charge on any atom is 0.373 e. The van der Waals surface area contributed by atoms with E-state index >= 15 is 0 Å². The van der Waals surface area contributed by atoms with E-state index in [-0.39, 0.29) is 24.5 Å². The number of anilines is 1. The van der Waals surface area contributed by atoms with Crippen molar-refractivity contribution in [2.24, 2.45) is 11.8 Å². The van der Waals surface area contributed by atoms with Gasteiger partial charge in [-0.2, -0.15) is 0 Å². The van der Waals surface area contributed by atoms with Gasteiger partial charge < -0.3 is 15.0 Å². The Kier molecular flexibility index (Phi) is 5.31. The number of amides is 2. The number of imide groups is 1. The number of carbonyl (C=O) groups excluding carboxylic acids is 3. The third-order valence-corrected chi connectivity index (χ3v) is 6.55. The highest BCUT2D eigenvalue weighted by Crippen LogP contribution is 2.48. The van der Waals surface area contributed by atoms with Crippen molar-refractivity contribution in [1.82, 2.24) is 4.90 Å². The number of likely N-dealkylation sites (tertiary alicyclic amines) is 1. The molecule has 2 fully saturated rings. The zero-order valence-corrected chi connectivity index (χ0v) is 18.2. The van der Waals surface area contributed by atoms with Gasteiger partial charge in [0.2, 0.25) is 17.4 Å². The van der Waals surface area contributed by atoms with Gasteiger partial charge >= 0.3 is 5.97 Å². The summed E-state index contributed by atoms with van der Waals surface area (Å²) in [5.74, 6) is -2.55. The van der Waals surface area contributed by atoms with Crippen LogP contribution in [0.3, 0.4) is 0 Å². The van der Waals surface area contributed by atoms with Crippen molar-refractivity contribution >= 4 is 23.5 Å². The van der Waals surface area contributed by atoms with Crippen molar-refractivity contribution in [2.75, 3.05) is 32.6 Å². The molecule has 4 rings (SSSR count). The second-order valence-corrected chi connectivity index (χ2v) is 8.37. The highest BCUT2D eigenvalue weighted by molar-refractivity contribution is 6.08. The van der Waals surface area contributed by atoms with Crippen LogP contribution >= 0.6 is 0 Å². The SMILES string of the molecule is CCOC(=O)[C@]1(c2ccccc2)[NH2+][C@@H](c2ccc(N(C)C)cc2)[C@H]2C(=O)N(C)C(=O)[C@@H]21. The van der Waals surface area contributed by atoms with Crippen LogP contribution in [0.5, 0.6) is 0 Å². The van der Waals surface area contributed by atoms with Crippen molar-refractivity contribution in [3.8, 4) is 0 Å². The fourth-order valence-electron chi connectivity index (χ4n) is 5.02. The fraction of sp³-hybridized carbons (Fsp3) is 0.375. The van der Waals surface area contributed by atoms with Gasteiger partial charge in [-0.25, -0.2) is 4.79 Å². The second-order valence-electron chi connectivity index (χ2n) is 8.37. The molecular weight excluding hydrogens is 394 g/mol. The molecule has 2 heterocycles. The van der Waals surface area contributed by atoms with E-state index in [1.165, 1.54) is 11.9 Å². The Hall–Kier alpha value is -3.19. The summed E-state index contributed by atoms with van der Waals surface area (Å²) in [6, 6.07) is 16.7. The summed E-state index contributed by atoms with van der Waals surface area (Å²) >= 11 is 0. The molecule has 2 amide bonds. The molecule has 2 aliphatic rings. The Morgan fingerprint density at radius 1 is 1.06 bits per heavy atom. The number of esters is 1. The molecule has 2 N–H and O–H groups in total. The minimum Gasteiger partial charge on any atom is -0.461 e. The molecule has 0 spiro atoms. The fourth-order valence-corrected chi connectivity index (χ4v) is 5.02. The second kappa shape index (κ2) is 7.81. The lowest BCUT2D eigenvalue weighted by Crippen LogP contribution is -2.96. The van der Waals surface area contributed by atoms with Crippen LogP contribution in [0.2, 0.25) is 0 Å². The Balaban J connectivity index is 1.89. The molecule has 2 aromatic carbocycles. The number of ether oxygens (including phenoxy) is 1. The molecule has 0 aliphatic carbocycles. The van der Waals surface area contributed by atoms with E-state index in [9.17, 15) is 14.4 Å². The molecule has 2 aromatic rings. The maximum atomic E-state index is 13.4. The van der Waals surface area contributed by atoms with E-state index < -0.39 is 23.3 Å². The number of quaternary nitrogens is 1. The molecule has 31 heavy (non-hydrogen) atoms. The zero-order chi connectivity index (χ0) is 22.3. The predicted octanol–water partition coefficient (Wildman–Crippen LogP) is 1.06. The lowest BCUT2D eigenvalue weighted by Gasteiger charge is -2.29. The minimum absolute atomic E-state index is 0.193. The van der Waals surface area contributed by atoms with Crippen molar-refractivity contribution in [1.29, 1.82) is 0 Å². The average Bonchev–Trinajstić information content (AvgIpc) is 3.25. The lowest BCUT2D eigenvalue weighted by atomic mass is 9.75. The molecule has 0 radical (unpaired) electrons. The topological polar surface area (TPSA) is 83.5 Å². The van der Waals surface area contributed by atoms with Gasteiger partial charge in [0.25, 0.3) is 0 Å². The van der Waals surface area contributed by atoms with Crippen LogP contribution in [0.25, 0.3) is 0 Å².